The molecule has 7 nitrogen and oxygen atoms in total. The maximum Gasteiger partial charge on any atom is 0.196 e. The number of para-hydroxylation sites is 1. The Balaban J connectivity index is 2.10. The molecule has 27 heavy (non-hydrogen) atoms. The average Bonchev–Trinajstić information content (AvgIpc) is 3.11. The van der Waals surface area contributed by atoms with Gasteiger partial charge in [-0.1, -0.05) is 23.9 Å². The standard InChI is InChI=1S/C19H19N3O4S/c1-3-26-14-10-8-13(9-11-14)22-18(15-6-4-5-7-16(15)25-2)20-21-19(22)27-12-17(23)24/h4-11H,3,12H2,1-2H3,(H,23,24)/p-1. The van der Waals surface area contributed by atoms with E-state index in [9.17, 15) is 9.90 Å². The zero-order chi connectivity index (χ0) is 19.2. The van der Waals surface area contributed by atoms with Gasteiger partial charge in [0.05, 0.1) is 30.9 Å². The lowest BCUT2D eigenvalue weighted by Gasteiger charge is -2.13. The van der Waals surface area contributed by atoms with E-state index in [0.717, 1.165) is 28.8 Å². The van der Waals surface area contributed by atoms with Gasteiger partial charge in [0.25, 0.3) is 0 Å². The van der Waals surface area contributed by atoms with E-state index in [-0.39, 0.29) is 5.75 Å². The van der Waals surface area contributed by atoms with Crippen molar-refractivity contribution in [1.29, 1.82) is 0 Å². The SMILES string of the molecule is CCOc1ccc(-n2c(SCC(=O)[O-])nnc2-c2ccccc2OC)cc1. The summed E-state index contributed by atoms with van der Waals surface area (Å²) in [4.78, 5) is 10.9. The Labute approximate surface area is 161 Å². The number of carboxylic acid groups (broad SMARTS) is 1. The zero-order valence-corrected chi connectivity index (χ0v) is 15.7. The minimum Gasteiger partial charge on any atom is -0.549 e. The Hall–Kier alpha value is -3.00. The minimum absolute atomic E-state index is 0.221. The van der Waals surface area contributed by atoms with Gasteiger partial charge in [-0.2, -0.15) is 0 Å². The Morgan fingerprint density at radius 3 is 2.56 bits per heavy atom. The van der Waals surface area contributed by atoms with Crippen molar-refractivity contribution in [3.8, 4) is 28.6 Å². The van der Waals surface area contributed by atoms with E-state index in [0.29, 0.717) is 23.3 Å². The predicted octanol–water partition coefficient (Wildman–Crippen LogP) is 2.18. The smallest absolute Gasteiger partial charge is 0.196 e. The van der Waals surface area contributed by atoms with E-state index >= 15 is 0 Å². The number of carboxylic acids is 1. The highest BCUT2D eigenvalue weighted by Crippen LogP contribution is 2.33. The molecule has 3 rings (SSSR count). The number of aliphatic carboxylic acids is 1. The van der Waals surface area contributed by atoms with Crippen LogP contribution in [0.1, 0.15) is 6.92 Å². The number of ether oxygens (including phenoxy) is 2. The summed E-state index contributed by atoms with van der Waals surface area (Å²) in [5.41, 5.74) is 1.53. The van der Waals surface area contributed by atoms with Crippen LogP contribution in [-0.4, -0.2) is 40.2 Å². The van der Waals surface area contributed by atoms with Crippen LogP contribution in [0, 0.1) is 0 Å². The molecule has 0 N–H and O–H groups in total. The van der Waals surface area contributed by atoms with Gasteiger partial charge in [0.15, 0.2) is 11.0 Å². The molecule has 3 aromatic rings. The van der Waals surface area contributed by atoms with Crippen LogP contribution in [0.3, 0.4) is 0 Å². The minimum atomic E-state index is -1.17. The van der Waals surface area contributed by atoms with Crippen LogP contribution in [0.25, 0.3) is 17.1 Å². The number of carbonyl (C=O) groups excluding carboxylic acids is 1. The van der Waals surface area contributed by atoms with E-state index in [1.165, 1.54) is 0 Å². The third kappa shape index (κ3) is 4.22. The second-order valence-corrected chi connectivity index (χ2v) is 6.37. The summed E-state index contributed by atoms with van der Waals surface area (Å²) in [7, 11) is 1.59. The maximum absolute atomic E-state index is 10.9. The average molecular weight is 384 g/mol. The number of rotatable bonds is 8. The molecule has 1 heterocycles. The molecule has 8 heteroatoms. The third-order valence-corrected chi connectivity index (χ3v) is 4.61. The highest BCUT2D eigenvalue weighted by atomic mass is 32.2. The molecular weight excluding hydrogens is 366 g/mol. The van der Waals surface area contributed by atoms with Crippen LogP contribution in [0.2, 0.25) is 0 Å². The molecule has 2 aromatic carbocycles. The van der Waals surface area contributed by atoms with Gasteiger partial charge in [0.1, 0.15) is 11.5 Å². The third-order valence-electron chi connectivity index (χ3n) is 3.71. The lowest BCUT2D eigenvalue weighted by molar-refractivity contribution is -0.301. The van der Waals surface area contributed by atoms with Crippen LogP contribution in [0.4, 0.5) is 0 Å². The topological polar surface area (TPSA) is 89.3 Å². The van der Waals surface area contributed by atoms with Gasteiger partial charge in [0.2, 0.25) is 0 Å². The van der Waals surface area contributed by atoms with Crippen LogP contribution >= 0.6 is 11.8 Å². The predicted molar refractivity (Wildman–Crippen MR) is 100 cm³/mol. The Kier molecular flexibility index (Phi) is 5.97. The van der Waals surface area contributed by atoms with Crippen molar-refractivity contribution in [2.45, 2.75) is 12.1 Å². The highest BCUT2D eigenvalue weighted by Gasteiger charge is 2.19. The fourth-order valence-corrected chi connectivity index (χ4v) is 3.25. The lowest BCUT2D eigenvalue weighted by atomic mass is 10.2. The van der Waals surface area contributed by atoms with Crippen molar-refractivity contribution in [2.75, 3.05) is 19.5 Å². The monoisotopic (exact) mass is 384 g/mol. The first-order chi connectivity index (χ1) is 13.1. The Morgan fingerprint density at radius 1 is 1.15 bits per heavy atom. The van der Waals surface area contributed by atoms with Crippen molar-refractivity contribution >= 4 is 17.7 Å². The molecule has 0 atom stereocenters. The van der Waals surface area contributed by atoms with Crippen LogP contribution in [-0.2, 0) is 4.79 Å². The summed E-state index contributed by atoms with van der Waals surface area (Å²) in [6, 6.07) is 14.9. The van der Waals surface area contributed by atoms with Crippen molar-refractivity contribution in [3.63, 3.8) is 0 Å². The van der Waals surface area contributed by atoms with Gasteiger partial charge in [-0.25, -0.2) is 0 Å². The molecule has 0 amide bonds. The first kappa shape index (κ1) is 18.8. The summed E-state index contributed by atoms with van der Waals surface area (Å²) in [5.74, 6) is 0.560. The first-order valence-electron chi connectivity index (χ1n) is 8.28. The number of aromatic nitrogens is 3. The van der Waals surface area contributed by atoms with E-state index in [1.54, 1.807) is 11.7 Å². The molecule has 1 aromatic heterocycles. The van der Waals surface area contributed by atoms with E-state index in [1.807, 2.05) is 55.5 Å². The summed E-state index contributed by atoms with van der Waals surface area (Å²) < 4.78 is 12.7. The molecule has 0 radical (unpaired) electrons. The number of hydrogen-bond donors (Lipinski definition) is 0. The fourth-order valence-electron chi connectivity index (χ4n) is 2.58. The van der Waals surface area contributed by atoms with Gasteiger partial charge < -0.3 is 19.4 Å². The molecule has 0 saturated carbocycles. The van der Waals surface area contributed by atoms with Crippen molar-refractivity contribution in [3.05, 3.63) is 48.5 Å². The second kappa shape index (κ2) is 8.59. The van der Waals surface area contributed by atoms with Crippen LogP contribution < -0.4 is 14.6 Å². The van der Waals surface area contributed by atoms with E-state index < -0.39 is 5.97 Å². The summed E-state index contributed by atoms with van der Waals surface area (Å²) in [6.07, 6.45) is 0. The van der Waals surface area contributed by atoms with Crippen molar-refractivity contribution in [1.82, 2.24) is 14.8 Å². The van der Waals surface area contributed by atoms with Gasteiger partial charge in [0, 0.05) is 5.75 Å². The molecule has 140 valence electrons. The van der Waals surface area contributed by atoms with Gasteiger partial charge in [-0.15, -0.1) is 10.2 Å². The zero-order valence-electron chi connectivity index (χ0n) is 14.9. The summed E-state index contributed by atoms with van der Waals surface area (Å²) in [6.45, 7) is 2.49. The highest BCUT2D eigenvalue weighted by molar-refractivity contribution is 7.99. The molecule has 0 bridgehead atoms. The normalized spacial score (nSPS) is 10.6. The molecular formula is C19H18N3O4S-. The quantitative estimate of drug-likeness (QED) is 0.550. The Morgan fingerprint density at radius 2 is 1.89 bits per heavy atom. The molecule has 0 aliphatic carbocycles. The summed E-state index contributed by atoms with van der Waals surface area (Å²) >= 11 is 1.05. The number of carbonyl (C=O) groups is 1. The molecule has 0 aliphatic rings. The van der Waals surface area contributed by atoms with Gasteiger partial charge >= 0.3 is 0 Å². The van der Waals surface area contributed by atoms with Crippen molar-refractivity contribution < 1.29 is 19.4 Å². The Bertz CT molecular complexity index is 925. The number of nitrogens with zero attached hydrogens (tertiary/aromatic N) is 3. The van der Waals surface area contributed by atoms with Gasteiger partial charge in [-0.05, 0) is 43.3 Å². The second-order valence-electron chi connectivity index (χ2n) is 5.43. The maximum atomic E-state index is 10.9. The van der Waals surface area contributed by atoms with Crippen LogP contribution in [0.15, 0.2) is 53.7 Å². The summed E-state index contributed by atoms with van der Waals surface area (Å²) in [5, 5.41) is 19.8. The van der Waals surface area contributed by atoms with Crippen molar-refractivity contribution in [2.24, 2.45) is 0 Å². The molecule has 0 unspecified atom stereocenters. The number of thioether (sulfide) groups is 1. The molecule has 0 fully saturated rings. The largest absolute Gasteiger partial charge is 0.549 e. The van der Waals surface area contributed by atoms with Crippen LogP contribution in [0.5, 0.6) is 11.5 Å². The first-order valence-corrected chi connectivity index (χ1v) is 9.27. The van der Waals surface area contributed by atoms with E-state index in [4.69, 9.17) is 9.47 Å². The molecule has 0 spiro atoms. The number of benzene rings is 2. The van der Waals surface area contributed by atoms with E-state index in [2.05, 4.69) is 10.2 Å². The number of hydrogen-bond acceptors (Lipinski definition) is 7. The molecule has 0 aliphatic heterocycles. The number of methoxy groups -OCH3 is 1. The lowest BCUT2D eigenvalue weighted by Crippen LogP contribution is -2.24. The fraction of sp³-hybridized carbons (Fsp3) is 0.211. The van der Waals surface area contributed by atoms with Gasteiger partial charge in [-0.3, -0.25) is 4.57 Å². The molecule has 0 saturated heterocycles.